The molecule has 114 valence electrons. The van der Waals surface area contributed by atoms with E-state index in [0.717, 1.165) is 6.42 Å². The van der Waals surface area contributed by atoms with E-state index in [4.69, 9.17) is 0 Å². The van der Waals surface area contributed by atoms with Crippen molar-refractivity contribution in [1.29, 1.82) is 0 Å². The van der Waals surface area contributed by atoms with Gasteiger partial charge >= 0.3 is 0 Å². The van der Waals surface area contributed by atoms with Crippen LogP contribution in [0.5, 0.6) is 0 Å². The molecule has 2 aliphatic carbocycles. The standard InChI is InChI=1S/C18H25NO2/c1-12-2-4-13(5-3-12)6-9-17(21)19-18-15-8-7-14(10-15)16(18)11-20/h2-5,14-16,18,20H,6-11H2,1H3,(H,19,21). The molecule has 3 heteroatoms. The van der Waals surface area contributed by atoms with Crippen LogP contribution in [0.4, 0.5) is 0 Å². The smallest absolute Gasteiger partial charge is 0.220 e. The van der Waals surface area contributed by atoms with Gasteiger partial charge in [-0.2, -0.15) is 0 Å². The maximum absolute atomic E-state index is 12.2. The molecule has 2 aliphatic rings. The number of aryl methyl sites for hydroxylation is 2. The van der Waals surface area contributed by atoms with E-state index < -0.39 is 0 Å². The van der Waals surface area contributed by atoms with Crippen LogP contribution in [0.3, 0.4) is 0 Å². The van der Waals surface area contributed by atoms with Crippen LogP contribution < -0.4 is 5.32 Å². The molecular weight excluding hydrogens is 262 g/mol. The number of aliphatic hydroxyl groups is 1. The highest BCUT2D eigenvalue weighted by atomic mass is 16.3. The van der Waals surface area contributed by atoms with E-state index >= 15 is 0 Å². The monoisotopic (exact) mass is 287 g/mol. The van der Waals surface area contributed by atoms with Gasteiger partial charge in [0.25, 0.3) is 0 Å². The molecule has 0 radical (unpaired) electrons. The third-order valence-corrected chi connectivity index (χ3v) is 5.39. The number of rotatable bonds is 5. The van der Waals surface area contributed by atoms with Crippen LogP contribution in [0, 0.1) is 24.7 Å². The number of fused-ring (bicyclic) bond motifs is 2. The van der Waals surface area contributed by atoms with Crippen molar-refractivity contribution in [2.24, 2.45) is 17.8 Å². The lowest BCUT2D eigenvalue weighted by Crippen LogP contribution is -2.45. The van der Waals surface area contributed by atoms with Gasteiger partial charge in [0, 0.05) is 25.0 Å². The second-order valence-electron chi connectivity index (χ2n) is 6.76. The molecule has 0 aliphatic heterocycles. The second-order valence-corrected chi connectivity index (χ2v) is 6.76. The molecule has 4 atom stereocenters. The van der Waals surface area contributed by atoms with Gasteiger partial charge in [-0.1, -0.05) is 29.8 Å². The van der Waals surface area contributed by atoms with Gasteiger partial charge < -0.3 is 10.4 Å². The van der Waals surface area contributed by atoms with E-state index in [9.17, 15) is 9.90 Å². The number of hydrogen-bond acceptors (Lipinski definition) is 2. The van der Waals surface area contributed by atoms with Crippen molar-refractivity contribution >= 4 is 5.91 Å². The quantitative estimate of drug-likeness (QED) is 0.874. The van der Waals surface area contributed by atoms with Gasteiger partial charge in [-0.25, -0.2) is 0 Å². The van der Waals surface area contributed by atoms with Crippen molar-refractivity contribution in [2.75, 3.05) is 6.61 Å². The van der Waals surface area contributed by atoms with Gasteiger partial charge in [-0.3, -0.25) is 4.79 Å². The van der Waals surface area contributed by atoms with Gasteiger partial charge in [-0.05, 0) is 50.0 Å². The van der Waals surface area contributed by atoms with E-state index in [1.807, 2.05) is 0 Å². The number of aliphatic hydroxyl groups excluding tert-OH is 1. The normalized spacial score (nSPS) is 30.6. The number of hydrogen-bond donors (Lipinski definition) is 2. The van der Waals surface area contributed by atoms with Gasteiger partial charge in [0.2, 0.25) is 5.91 Å². The Balaban J connectivity index is 1.51. The predicted octanol–water partition coefficient (Wildman–Crippen LogP) is 2.45. The molecule has 3 nitrogen and oxygen atoms in total. The Labute approximate surface area is 126 Å². The van der Waals surface area contributed by atoms with Crippen LogP contribution >= 0.6 is 0 Å². The number of amides is 1. The van der Waals surface area contributed by atoms with Crippen molar-refractivity contribution in [1.82, 2.24) is 5.32 Å². The summed E-state index contributed by atoms with van der Waals surface area (Å²) in [4.78, 5) is 12.2. The average molecular weight is 287 g/mol. The summed E-state index contributed by atoms with van der Waals surface area (Å²) in [7, 11) is 0. The summed E-state index contributed by atoms with van der Waals surface area (Å²) < 4.78 is 0. The number of carbonyl (C=O) groups is 1. The van der Waals surface area contributed by atoms with Crippen molar-refractivity contribution in [3.63, 3.8) is 0 Å². The fourth-order valence-corrected chi connectivity index (χ4v) is 4.17. The van der Waals surface area contributed by atoms with E-state index in [2.05, 4.69) is 36.5 Å². The van der Waals surface area contributed by atoms with Crippen LogP contribution in [0.15, 0.2) is 24.3 Å². The first-order chi connectivity index (χ1) is 10.2. The zero-order valence-corrected chi connectivity index (χ0v) is 12.7. The largest absolute Gasteiger partial charge is 0.396 e. The van der Waals surface area contributed by atoms with Gasteiger partial charge in [0.05, 0.1) is 0 Å². The molecule has 1 aromatic carbocycles. The molecular formula is C18H25NO2. The first-order valence-electron chi connectivity index (χ1n) is 8.13. The molecule has 0 spiro atoms. The molecule has 2 bridgehead atoms. The summed E-state index contributed by atoms with van der Waals surface area (Å²) >= 11 is 0. The third-order valence-electron chi connectivity index (χ3n) is 5.39. The molecule has 2 fully saturated rings. The molecule has 2 saturated carbocycles. The van der Waals surface area contributed by atoms with Crippen molar-refractivity contribution in [2.45, 2.75) is 45.1 Å². The Kier molecular flexibility index (Phi) is 4.29. The first-order valence-corrected chi connectivity index (χ1v) is 8.13. The second kappa shape index (κ2) is 6.18. The van der Waals surface area contributed by atoms with E-state index in [1.54, 1.807) is 0 Å². The number of nitrogens with one attached hydrogen (secondary N) is 1. The fourth-order valence-electron chi connectivity index (χ4n) is 4.17. The predicted molar refractivity (Wildman–Crippen MR) is 82.8 cm³/mol. The lowest BCUT2D eigenvalue weighted by atomic mass is 9.85. The third kappa shape index (κ3) is 3.13. The maximum atomic E-state index is 12.2. The van der Waals surface area contributed by atoms with E-state index in [-0.39, 0.29) is 24.5 Å². The van der Waals surface area contributed by atoms with E-state index in [0.29, 0.717) is 18.3 Å². The Hall–Kier alpha value is -1.35. The minimum atomic E-state index is 0.131. The van der Waals surface area contributed by atoms with Crippen LogP contribution in [0.25, 0.3) is 0 Å². The highest BCUT2D eigenvalue weighted by Gasteiger charge is 2.47. The summed E-state index contributed by atoms with van der Waals surface area (Å²) in [5.74, 6) is 1.64. The molecule has 21 heavy (non-hydrogen) atoms. The zero-order chi connectivity index (χ0) is 14.8. The fraction of sp³-hybridized carbons (Fsp3) is 0.611. The number of carbonyl (C=O) groups excluding carboxylic acids is 1. The minimum Gasteiger partial charge on any atom is -0.396 e. The highest BCUT2D eigenvalue weighted by molar-refractivity contribution is 5.76. The van der Waals surface area contributed by atoms with Crippen LogP contribution in [0.1, 0.15) is 36.8 Å². The van der Waals surface area contributed by atoms with Crippen LogP contribution in [0.2, 0.25) is 0 Å². The lowest BCUT2D eigenvalue weighted by Gasteiger charge is -2.30. The van der Waals surface area contributed by atoms with Crippen LogP contribution in [-0.2, 0) is 11.2 Å². The number of benzene rings is 1. The SMILES string of the molecule is Cc1ccc(CCC(=O)NC2C3CCC(C3)C2CO)cc1. The lowest BCUT2D eigenvalue weighted by molar-refractivity contribution is -0.122. The van der Waals surface area contributed by atoms with Crippen molar-refractivity contribution < 1.29 is 9.90 Å². The van der Waals surface area contributed by atoms with Gasteiger partial charge in [0.15, 0.2) is 0 Å². The average Bonchev–Trinajstić information content (AvgIpc) is 3.07. The summed E-state index contributed by atoms with van der Waals surface area (Å²) in [6.07, 6.45) is 4.95. The van der Waals surface area contributed by atoms with Gasteiger partial charge in [-0.15, -0.1) is 0 Å². The molecule has 1 amide bonds. The Bertz CT molecular complexity index is 496. The summed E-state index contributed by atoms with van der Waals surface area (Å²) in [6.45, 7) is 2.28. The Morgan fingerprint density at radius 1 is 1.24 bits per heavy atom. The van der Waals surface area contributed by atoms with Crippen molar-refractivity contribution in [3.05, 3.63) is 35.4 Å². The molecule has 0 saturated heterocycles. The molecule has 3 rings (SSSR count). The molecule has 0 heterocycles. The van der Waals surface area contributed by atoms with Gasteiger partial charge in [0.1, 0.15) is 0 Å². The maximum Gasteiger partial charge on any atom is 0.220 e. The Morgan fingerprint density at radius 2 is 1.95 bits per heavy atom. The molecule has 1 aromatic rings. The highest BCUT2D eigenvalue weighted by Crippen LogP contribution is 2.48. The topological polar surface area (TPSA) is 49.3 Å². The van der Waals surface area contributed by atoms with Crippen molar-refractivity contribution in [3.8, 4) is 0 Å². The Morgan fingerprint density at radius 3 is 2.67 bits per heavy atom. The zero-order valence-electron chi connectivity index (χ0n) is 12.7. The van der Waals surface area contributed by atoms with Crippen LogP contribution in [-0.4, -0.2) is 23.7 Å². The molecule has 2 N–H and O–H groups in total. The summed E-state index contributed by atoms with van der Waals surface area (Å²) in [5, 5.41) is 12.7. The summed E-state index contributed by atoms with van der Waals surface area (Å²) in [5.41, 5.74) is 2.46. The van der Waals surface area contributed by atoms with E-state index in [1.165, 1.54) is 30.4 Å². The summed E-state index contributed by atoms with van der Waals surface area (Å²) in [6, 6.07) is 8.57. The molecule has 0 aromatic heterocycles. The molecule has 4 unspecified atom stereocenters. The first kappa shape index (κ1) is 14.6. The minimum absolute atomic E-state index is 0.131.